The fourth-order valence-electron chi connectivity index (χ4n) is 3.17. The summed E-state index contributed by atoms with van der Waals surface area (Å²) in [5.41, 5.74) is 2.13. The predicted octanol–water partition coefficient (Wildman–Crippen LogP) is 1.85. The first-order valence-corrected chi connectivity index (χ1v) is 8.50. The third kappa shape index (κ3) is 2.58. The van der Waals surface area contributed by atoms with Crippen molar-refractivity contribution in [3.63, 3.8) is 0 Å². The summed E-state index contributed by atoms with van der Waals surface area (Å²) in [6, 6.07) is 6.42. The van der Waals surface area contributed by atoms with E-state index in [1.54, 1.807) is 0 Å². The maximum absolute atomic E-state index is 4.67. The quantitative estimate of drug-likeness (QED) is 0.572. The van der Waals surface area contributed by atoms with Crippen LogP contribution in [0.15, 0.2) is 24.4 Å². The van der Waals surface area contributed by atoms with Gasteiger partial charge in [0.25, 0.3) is 0 Å². The van der Waals surface area contributed by atoms with E-state index in [0.29, 0.717) is 17.9 Å². The molecule has 1 atom stereocenters. The van der Waals surface area contributed by atoms with Crippen LogP contribution in [0.3, 0.4) is 0 Å². The zero-order valence-electron chi connectivity index (χ0n) is 13.3. The second-order valence-electron chi connectivity index (χ2n) is 6.56. The number of rotatable bonds is 5. The Kier molecular flexibility index (Phi) is 3.15. The van der Waals surface area contributed by atoms with Gasteiger partial charge in [-0.1, -0.05) is 0 Å². The lowest BCUT2D eigenvalue weighted by atomic mass is 10.3. The highest BCUT2D eigenvalue weighted by molar-refractivity contribution is 5.73. The summed E-state index contributed by atoms with van der Waals surface area (Å²) in [7, 11) is 0. The molecule has 1 aliphatic heterocycles. The summed E-state index contributed by atoms with van der Waals surface area (Å²) in [4.78, 5) is 4.67. The van der Waals surface area contributed by atoms with Gasteiger partial charge < -0.3 is 16.0 Å². The third-order valence-electron chi connectivity index (χ3n) is 4.65. The van der Waals surface area contributed by atoms with Gasteiger partial charge in [0.1, 0.15) is 5.52 Å². The molecule has 0 unspecified atom stereocenters. The van der Waals surface area contributed by atoms with Crippen molar-refractivity contribution >= 4 is 23.1 Å². The minimum atomic E-state index is 0.373. The molecule has 2 aliphatic rings. The molecule has 3 aromatic heterocycles. The maximum atomic E-state index is 4.67. The van der Waals surface area contributed by atoms with Crippen LogP contribution in [0.2, 0.25) is 0 Å². The molecule has 3 aromatic rings. The molecule has 5 rings (SSSR count). The van der Waals surface area contributed by atoms with Gasteiger partial charge in [-0.05, 0) is 37.9 Å². The highest BCUT2D eigenvalue weighted by Gasteiger charge is 2.25. The Balaban J connectivity index is 1.44. The van der Waals surface area contributed by atoms with Crippen LogP contribution in [0.25, 0.3) is 5.52 Å². The standard InChI is InChI=1S/C16H20N8/c1-2-13-15(19-14-8-12(21-22-14)10-3-4-10)20-16(23-24(13)7-1)18-11-5-6-17-9-11/h1-2,7-8,10-11,17H,3-6,9H2,(H3,18,19,20,21,22,23)/t11-/m0/s1. The second-order valence-corrected chi connectivity index (χ2v) is 6.56. The molecule has 24 heavy (non-hydrogen) atoms. The van der Waals surface area contributed by atoms with Crippen LogP contribution in [0, 0.1) is 0 Å². The minimum Gasteiger partial charge on any atom is -0.349 e. The van der Waals surface area contributed by atoms with Crippen LogP contribution in [-0.2, 0) is 0 Å². The molecular formula is C16H20N8. The largest absolute Gasteiger partial charge is 0.349 e. The van der Waals surface area contributed by atoms with E-state index in [-0.39, 0.29) is 0 Å². The molecule has 4 N–H and O–H groups in total. The van der Waals surface area contributed by atoms with E-state index in [2.05, 4.69) is 42.3 Å². The van der Waals surface area contributed by atoms with Crippen LogP contribution >= 0.6 is 0 Å². The molecule has 4 heterocycles. The molecule has 8 heteroatoms. The fourth-order valence-corrected chi connectivity index (χ4v) is 3.17. The zero-order chi connectivity index (χ0) is 15.9. The van der Waals surface area contributed by atoms with Gasteiger partial charge in [0.05, 0.1) is 0 Å². The average Bonchev–Trinajstić information content (AvgIpc) is 3.00. The maximum Gasteiger partial charge on any atom is 0.243 e. The van der Waals surface area contributed by atoms with Gasteiger partial charge in [-0.15, -0.1) is 5.10 Å². The zero-order valence-corrected chi connectivity index (χ0v) is 13.3. The van der Waals surface area contributed by atoms with E-state index in [0.717, 1.165) is 36.7 Å². The molecule has 1 saturated carbocycles. The van der Waals surface area contributed by atoms with Crippen molar-refractivity contribution in [2.24, 2.45) is 0 Å². The molecular weight excluding hydrogens is 304 g/mol. The lowest BCUT2D eigenvalue weighted by Gasteiger charge is -2.13. The van der Waals surface area contributed by atoms with Crippen molar-refractivity contribution in [2.45, 2.75) is 31.2 Å². The Morgan fingerprint density at radius 3 is 3.04 bits per heavy atom. The van der Waals surface area contributed by atoms with Crippen molar-refractivity contribution < 1.29 is 0 Å². The number of H-pyrrole nitrogens is 1. The number of aromatic amines is 1. The third-order valence-corrected chi connectivity index (χ3v) is 4.65. The van der Waals surface area contributed by atoms with Gasteiger partial charge in [0.2, 0.25) is 5.95 Å². The van der Waals surface area contributed by atoms with Crippen molar-refractivity contribution in [1.82, 2.24) is 30.1 Å². The summed E-state index contributed by atoms with van der Waals surface area (Å²) in [6.07, 6.45) is 5.52. The number of fused-ring (bicyclic) bond motifs is 1. The van der Waals surface area contributed by atoms with Crippen LogP contribution < -0.4 is 16.0 Å². The highest BCUT2D eigenvalue weighted by atomic mass is 15.3. The molecule has 2 fully saturated rings. The molecule has 1 saturated heterocycles. The number of nitrogens with zero attached hydrogens (tertiary/aromatic N) is 4. The van der Waals surface area contributed by atoms with Crippen molar-refractivity contribution in [1.29, 1.82) is 0 Å². The predicted molar refractivity (Wildman–Crippen MR) is 91.7 cm³/mol. The first kappa shape index (κ1) is 13.8. The Labute approximate surface area is 139 Å². The number of anilines is 3. The van der Waals surface area contributed by atoms with E-state index in [1.165, 1.54) is 18.5 Å². The Morgan fingerprint density at radius 1 is 1.25 bits per heavy atom. The molecule has 124 valence electrons. The summed E-state index contributed by atoms with van der Waals surface area (Å²) in [5, 5.41) is 22.1. The van der Waals surface area contributed by atoms with E-state index < -0.39 is 0 Å². The summed E-state index contributed by atoms with van der Waals surface area (Å²) in [5.74, 6) is 2.84. The van der Waals surface area contributed by atoms with Gasteiger partial charge in [-0.25, -0.2) is 4.52 Å². The molecule has 0 radical (unpaired) electrons. The fraction of sp³-hybridized carbons (Fsp3) is 0.438. The van der Waals surface area contributed by atoms with Gasteiger partial charge in [-0.2, -0.15) is 10.1 Å². The molecule has 1 aliphatic carbocycles. The van der Waals surface area contributed by atoms with Crippen molar-refractivity contribution in [3.8, 4) is 0 Å². The normalized spacial score (nSPS) is 20.6. The van der Waals surface area contributed by atoms with E-state index in [4.69, 9.17) is 0 Å². The average molecular weight is 324 g/mol. The first-order chi connectivity index (χ1) is 11.8. The number of hydrogen-bond donors (Lipinski definition) is 4. The Bertz CT molecular complexity index is 856. The monoisotopic (exact) mass is 324 g/mol. The SMILES string of the molecule is c1cc2c(Nc3cc(C4CC4)[nH]n3)nc(N[C@H]3CCNC3)nn2c1. The molecule has 8 nitrogen and oxygen atoms in total. The lowest BCUT2D eigenvalue weighted by molar-refractivity contribution is 0.767. The molecule has 0 amide bonds. The lowest BCUT2D eigenvalue weighted by Crippen LogP contribution is -2.24. The van der Waals surface area contributed by atoms with Crippen LogP contribution in [0.4, 0.5) is 17.6 Å². The summed E-state index contributed by atoms with van der Waals surface area (Å²) >= 11 is 0. The topological polar surface area (TPSA) is 95.0 Å². The van der Waals surface area contributed by atoms with Crippen molar-refractivity contribution in [3.05, 3.63) is 30.1 Å². The number of aromatic nitrogens is 5. The van der Waals surface area contributed by atoms with E-state index in [9.17, 15) is 0 Å². The van der Waals surface area contributed by atoms with Crippen LogP contribution in [0.1, 0.15) is 30.9 Å². The van der Waals surface area contributed by atoms with Gasteiger partial charge in [0, 0.05) is 36.5 Å². The van der Waals surface area contributed by atoms with Crippen LogP contribution in [0.5, 0.6) is 0 Å². The van der Waals surface area contributed by atoms with Gasteiger partial charge in [0.15, 0.2) is 11.6 Å². The minimum absolute atomic E-state index is 0.373. The van der Waals surface area contributed by atoms with Crippen LogP contribution in [-0.4, -0.2) is 43.9 Å². The Hall–Kier alpha value is -2.61. The number of nitrogens with one attached hydrogen (secondary N) is 4. The summed E-state index contributed by atoms with van der Waals surface area (Å²) in [6.45, 7) is 1.98. The molecule has 0 aromatic carbocycles. The highest BCUT2D eigenvalue weighted by Crippen LogP contribution is 2.39. The van der Waals surface area contributed by atoms with Gasteiger partial charge in [-0.3, -0.25) is 5.10 Å². The summed E-state index contributed by atoms with van der Waals surface area (Å²) < 4.78 is 1.84. The second kappa shape index (κ2) is 5.48. The van der Waals surface area contributed by atoms with Gasteiger partial charge >= 0.3 is 0 Å². The number of hydrogen-bond acceptors (Lipinski definition) is 6. The van der Waals surface area contributed by atoms with Crippen molar-refractivity contribution in [2.75, 3.05) is 23.7 Å². The Morgan fingerprint density at radius 2 is 2.21 bits per heavy atom. The molecule has 0 spiro atoms. The first-order valence-electron chi connectivity index (χ1n) is 8.50. The smallest absolute Gasteiger partial charge is 0.243 e. The van der Waals surface area contributed by atoms with E-state index in [1.807, 2.05) is 22.8 Å². The van der Waals surface area contributed by atoms with E-state index >= 15 is 0 Å². The molecule has 0 bridgehead atoms.